The lowest BCUT2D eigenvalue weighted by atomic mass is 9.54. The second-order valence-electron chi connectivity index (χ2n) is 36.9. The number of esters is 6. The first kappa shape index (κ1) is 73.0. The van der Waals surface area contributed by atoms with Gasteiger partial charge in [-0.1, -0.05) is 103 Å². The fourth-order valence-corrected chi connectivity index (χ4v) is 60.6. The van der Waals surface area contributed by atoms with Crippen molar-refractivity contribution in [2.24, 2.45) is 147 Å². The van der Waals surface area contributed by atoms with Crippen LogP contribution in [0.1, 0.15) is 193 Å². The number of hydrogen-bond donors (Lipinski definition) is 2. The number of carbonyl (C=O) groups excluding carboxylic acids is 6. The summed E-state index contributed by atoms with van der Waals surface area (Å²) in [5.74, 6) is -7.00. The quantitative estimate of drug-likeness (QED) is 0.0358. The highest BCUT2D eigenvalue weighted by molar-refractivity contribution is 7.01. The van der Waals surface area contributed by atoms with E-state index in [1.807, 2.05) is 76.2 Å². The monoisotopic (exact) mass is 1360 g/mol. The zero-order valence-corrected chi connectivity index (χ0v) is 65.1. The Bertz CT molecular complexity index is 2720. The number of aliphatic carboxylic acids is 1. The van der Waals surface area contributed by atoms with Crippen LogP contribution in [0.25, 0.3) is 0 Å². The van der Waals surface area contributed by atoms with Crippen molar-refractivity contribution in [2.75, 3.05) is 13.2 Å². The van der Waals surface area contributed by atoms with Crippen LogP contribution in [0.4, 0.5) is 0 Å². The molecular formula is C75H126O14Si4. The van der Waals surface area contributed by atoms with Gasteiger partial charge in [0.2, 0.25) is 0 Å². The van der Waals surface area contributed by atoms with Crippen LogP contribution in [0.2, 0.25) is 54.9 Å². The van der Waals surface area contributed by atoms with E-state index in [-0.39, 0.29) is 108 Å². The van der Waals surface area contributed by atoms with Gasteiger partial charge in [0, 0.05) is 39.9 Å². The molecule has 0 aromatic rings. The SMILES string of the molecule is CCC(C)C(=O)OC(C)(C)CCC(C)(C)OC(=O)C(CCC1C2CC(CC2CC[Si]2(C)C[SiH](C)C[SiH](C)C[SiH](C)C2)C1C1C(=O)OC(=O)C1C1C2CC(CC2C(=O)OC(C)(C)C)C1C1C(C)C2CC1C(C(=O)OCC(CC)(CC)CO)C2C(=O)O)C1C2CCC(C2)C1C. The van der Waals surface area contributed by atoms with Crippen molar-refractivity contribution in [1.82, 2.24) is 0 Å². The average Bonchev–Trinajstić information content (AvgIpc) is 1.54. The Kier molecular flexibility index (Phi) is 22.1. The van der Waals surface area contributed by atoms with Gasteiger partial charge in [0.05, 0.1) is 54.6 Å². The Balaban J connectivity index is 0.999. The molecule has 10 fully saturated rings. The molecule has 26 unspecified atom stereocenters. The lowest BCUT2D eigenvalue weighted by Gasteiger charge is -2.49. The number of fused-ring (bicyclic) bond motifs is 8. The minimum atomic E-state index is -1.51. The number of cyclic esters (lactones) is 2. The van der Waals surface area contributed by atoms with Crippen LogP contribution in [-0.4, -0.2) is 116 Å². The zero-order valence-electron chi connectivity index (χ0n) is 60.6. The second kappa shape index (κ2) is 28.1. The van der Waals surface area contributed by atoms with Crippen molar-refractivity contribution in [2.45, 2.75) is 264 Å². The summed E-state index contributed by atoms with van der Waals surface area (Å²) in [4.78, 5) is 102. The van der Waals surface area contributed by atoms with Crippen LogP contribution in [0.3, 0.4) is 0 Å². The first-order valence-electron chi connectivity index (χ1n) is 38.0. The summed E-state index contributed by atoms with van der Waals surface area (Å²) in [7, 11) is -3.70. The van der Waals surface area contributed by atoms with Gasteiger partial charge in [-0.3, -0.25) is 33.6 Å². The Morgan fingerprint density at radius 3 is 1.81 bits per heavy atom. The van der Waals surface area contributed by atoms with Gasteiger partial charge in [-0.2, -0.15) is 0 Å². The Morgan fingerprint density at radius 1 is 0.645 bits per heavy atom. The number of carboxylic acids is 1. The van der Waals surface area contributed by atoms with Crippen molar-refractivity contribution in [3.63, 3.8) is 0 Å². The molecule has 0 aromatic carbocycles. The van der Waals surface area contributed by atoms with Gasteiger partial charge in [0.15, 0.2) is 0 Å². The molecule has 8 bridgehead atoms. The third kappa shape index (κ3) is 14.8. The molecule has 8 saturated carbocycles. The first-order valence-corrected chi connectivity index (χ1v) is 49.5. The van der Waals surface area contributed by atoms with Crippen molar-refractivity contribution in [1.29, 1.82) is 0 Å². The molecule has 14 nitrogen and oxygen atoms in total. The van der Waals surface area contributed by atoms with Gasteiger partial charge in [-0.25, -0.2) is 0 Å². The predicted molar refractivity (Wildman–Crippen MR) is 372 cm³/mol. The van der Waals surface area contributed by atoms with Crippen LogP contribution in [0, 0.1) is 147 Å². The van der Waals surface area contributed by atoms with E-state index < -0.39 is 116 Å². The standard InChI is InChI=1S/C75H126O14Si4/c1-18-41(4)66(79)88-73(10,11)26-27-74(12,13)89-67(80)50(56-42(5)44-21-22-46(56)29-44)24-23-49-52-31-47(30-45(52)25-28-93(17)39-91(15)37-90(14)38-92(16)40-93)58(49)63-64(71(84)86-70(63)83)60-53-32-48(33-54(53)68(81)87-72(7,8)9)59(60)57-43(6)51-34-55(57)62(61(51)65(77)78)69(82)85-36-75(19-2,20-3)35-76/h41-64,76,90-92H,18-40H2,1-17H3,(H,77,78). The molecule has 93 heavy (non-hydrogen) atoms. The van der Waals surface area contributed by atoms with Crippen LogP contribution in [0.5, 0.6) is 0 Å². The Hall–Kier alpha value is -2.68. The largest absolute Gasteiger partial charge is 0.481 e. The van der Waals surface area contributed by atoms with E-state index >= 15 is 14.4 Å². The van der Waals surface area contributed by atoms with Crippen LogP contribution in [-0.2, 0) is 57.2 Å². The van der Waals surface area contributed by atoms with Crippen molar-refractivity contribution >= 4 is 76.2 Å². The Labute approximate surface area is 565 Å². The number of carbonyl (C=O) groups is 7. The van der Waals surface area contributed by atoms with Gasteiger partial charge >= 0.3 is 41.8 Å². The molecule has 0 amide bonds. The summed E-state index contributed by atoms with van der Waals surface area (Å²) < 4.78 is 31.4. The molecule has 10 rings (SSSR count). The van der Waals surface area contributed by atoms with Crippen LogP contribution < -0.4 is 0 Å². The normalized spacial score (nSPS) is 41.8. The van der Waals surface area contributed by atoms with E-state index in [1.165, 1.54) is 18.9 Å². The van der Waals surface area contributed by atoms with E-state index in [9.17, 15) is 29.4 Å². The molecule has 2 heterocycles. The van der Waals surface area contributed by atoms with Crippen LogP contribution >= 0.6 is 0 Å². The number of hydrogen-bond acceptors (Lipinski definition) is 13. The molecule has 2 aliphatic heterocycles. The molecule has 0 spiro atoms. The number of aliphatic hydroxyl groups excluding tert-OH is 1. The number of carboxylic acid groups (broad SMARTS) is 1. The van der Waals surface area contributed by atoms with Gasteiger partial charge in [-0.15, -0.1) is 0 Å². The number of ether oxygens (including phenoxy) is 5. The molecule has 10 aliphatic rings. The first-order chi connectivity index (χ1) is 43.6. The van der Waals surface area contributed by atoms with Gasteiger partial charge in [0.25, 0.3) is 0 Å². The van der Waals surface area contributed by atoms with E-state index in [0.29, 0.717) is 87.4 Å². The molecule has 2 N–H and O–H groups in total. The van der Waals surface area contributed by atoms with Gasteiger partial charge in [0.1, 0.15) is 16.8 Å². The van der Waals surface area contributed by atoms with E-state index in [0.717, 1.165) is 32.1 Å². The fourth-order valence-electron chi connectivity index (χ4n) is 24.5. The molecule has 526 valence electrons. The third-order valence-electron chi connectivity index (χ3n) is 28.7. The summed E-state index contributed by atoms with van der Waals surface area (Å²) in [6, 6.07) is 1.37. The maximum atomic E-state index is 15.5. The summed E-state index contributed by atoms with van der Waals surface area (Å²) in [6.07, 6.45) is 12.8. The molecule has 0 radical (unpaired) electrons. The summed E-state index contributed by atoms with van der Waals surface area (Å²) in [5, 5.41) is 21.5. The van der Waals surface area contributed by atoms with Gasteiger partial charge in [-0.05, 0) is 245 Å². The number of rotatable bonds is 26. The molecule has 26 atom stereocenters. The number of aliphatic hydroxyl groups is 1. The minimum Gasteiger partial charge on any atom is -0.481 e. The zero-order chi connectivity index (χ0) is 67.9. The topological polar surface area (TPSA) is 206 Å². The average molecular weight is 1360 g/mol. The Morgan fingerprint density at radius 2 is 1.24 bits per heavy atom. The maximum absolute atomic E-state index is 15.5. The lowest BCUT2D eigenvalue weighted by Crippen LogP contribution is -2.51. The molecule has 0 aromatic heterocycles. The predicted octanol–water partition coefficient (Wildman–Crippen LogP) is 13.7. The van der Waals surface area contributed by atoms with Crippen molar-refractivity contribution in [3.8, 4) is 0 Å². The minimum absolute atomic E-state index is 0.00538. The highest BCUT2D eigenvalue weighted by atomic mass is 28.4. The van der Waals surface area contributed by atoms with Crippen LogP contribution in [0.15, 0.2) is 0 Å². The lowest BCUT2D eigenvalue weighted by molar-refractivity contribution is -0.171. The maximum Gasteiger partial charge on any atom is 0.317 e. The highest BCUT2D eigenvalue weighted by Crippen LogP contribution is 2.72. The summed E-state index contributed by atoms with van der Waals surface area (Å²) in [6.45, 7) is 36.5. The molecular weight excluding hydrogens is 1240 g/mol. The van der Waals surface area contributed by atoms with E-state index in [1.54, 1.807) is 22.7 Å². The molecule has 18 heteroatoms. The summed E-state index contributed by atoms with van der Waals surface area (Å²) in [5.41, 5.74) is 3.37. The van der Waals surface area contributed by atoms with Crippen molar-refractivity contribution < 1.29 is 67.5 Å². The summed E-state index contributed by atoms with van der Waals surface area (Å²) >= 11 is 0. The fraction of sp³-hybridized carbons (Fsp3) is 0.907. The molecule has 2 saturated heterocycles. The smallest absolute Gasteiger partial charge is 0.317 e. The van der Waals surface area contributed by atoms with Crippen molar-refractivity contribution in [3.05, 3.63) is 0 Å². The van der Waals surface area contributed by atoms with E-state index in [2.05, 4.69) is 40.0 Å². The second-order valence-corrected chi connectivity index (χ2v) is 54.7. The van der Waals surface area contributed by atoms with Gasteiger partial charge < -0.3 is 33.9 Å². The third-order valence-corrected chi connectivity index (χ3v) is 56.5. The highest BCUT2D eigenvalue weighted by Gasteiger charge is 2.72. The van der Waals surface area contributed by atoms with E-state index in [4.69, 9.17) is 23.7 Å². The molecule has 8 aliphatic carbocycles.